The summed E-state index contributed by atoms with van der Waals surface area (Å²) >= 11 is 8.01. The minimum Gasteiger partial charge on any atom is -0.399 e. The number of thioether (sulfide) groups is 1. The molecule has 0 aromatic heterocycles. The van der Waals surface area contributed by atoms with Gasteiger partial charge in [0.05, 0.1) is 16.2 Å². The van der Waals surface area contributed by atoms with Crippen LogP contribution in [0.5, 0.6) is 0 Å². The van der Waals surface area contributed by atoms with Crippen LogP contribution in [-0.4, -0.2) is 16.5 Å². The average Bonchev–Trinajstić information content (AvgIpc) is 2.39. The standard InChI is InChI=1S/C14H20ClNOS/c1-13(2)8-12(14(3,4)17-13)18-11-6-5-9(16)7-10(11)15/h5-7,12H,8,16H2,1-4H3. The van der Waals surface area contributed by atoms with Gasteiger partial charge in [-0.25, -0.2) is 0 Å². The topological polar surface area (TPSA) is 35.2 Å². The molecule has 0 radical (unpaired) electrons. The number of halogens is 1. The van der Waals surface area contributed by atoms with E-state index in [1.807, 2.05) is 12.1 Å². The van der Waals surface area contributed by atoms with Gasteiger partial charge in [0, 0.05) is 15.8 Å². The second-order valence-electron chi connectivity index (χ2n) is 5.97. The second-order valence-corrected chi connectivity index (χ2v) is 7.62. The van der Waals surface area contributed by atoms with Crippen LogP contribution in [0.25, 0.3) is 0 Å². The zero-order valence-corrected chi connectivity index (χ0v) is 12.9. The third-order valence-corrected chi connectivity index (χ3v) is 5.27. The molecule has 1 heterocycles. The molecule has 2 rings (SSSR count). The fourth-order valence-corrected chi connectivity index (χ4v) is 4.23. The molecule has 0 amide bonds. The van der Waals surface area contributed by atoms with E-state index < -0.39 is 0 Å². The van der Waals surface area contributed by atoms with Crippen molar-refractivity contribution in [1.82, 2.24) is 0 Å². The van der Waals surface area contributed by atoms with E-state index in [2.05, 4.69) is 27.7 Å². The van der Waals surface area contributed by atoms with E-state index in [9.17, 15) is 0 Å². The predicted molar refractivity (Wildman–Crippen MR) is 79.4 cm³/mol. The maximum Gasteiger partial charge on any atom is 0.0756 e. The van der Waals surface area contributed by atoms with Gasteiger partial charge in [0.2, 0.25) is 0 Å². The fourth-order valence-electron chi connectivity index (χ4n) is 2.46. The van der Waals surface area contributed by atoms with Crippen molar-refractivity contribution in [3.05, 3.63) is 23.2 Å². The van der Waals surface area contributed by atoms with E-state index in [1.165, 1.54) is 0 Å². The molecule has 2 nitrogen and oxygen atoms in total. The highest BCUT2D eigenvalue weighted by Crippen LogP contribution is 2.47. The Balaban J connectivity index is 2.19. The van der Waals surface area contributed by atoms with Crippen LogP contribution in [-0.2, 0) is 4.74 Å². The van der Waals surface area contributed by atoms with Crippen LogP contribution in [0, 0.1) is 0 Å². The highest BCUT2D eigenvalue weighted by atomic mass is 35.5. The Morgan fingerprint density at radius 1 is 1.33 bits per heavy atom. The van der Waals surface area contributed by atoms with Crippen molar-refractivity contribution in [2.45, 2.75) is 55.5 Å². The Morgan fingerprint density at radius 2 is 2.00 bits per heavy atom. The monoisotopic (exact) mass is 285 g/mol. The van der Waals surface area contributed by atoms with Crippen molar-refractivity contribution >= 4 is 29.1 Å². The molecule has 1 aromatic carbocycles. The van der Waals surface area contributed by atoms with E-state index >= 15 is 0 Å². The normalized spacial score (nSPS) is 25.3. The lowest BCUT2D eigenvalue weighted by atomic mass is 10.0. The number of nitrogen functional groups attached to an aromatic ring is 1. The van der Waals surface area contributed by atoms with Gasteiger partial charge in [0.1, 0.15) is 0 Å². The maximum atomic E-state index is 6.23. The SMILES string of the molecule is CC1(C)CC(Sc2ccc(N)cc2Cl)C(C)(C)O1. The molecule has 1 aromatic rings. The number of ether oxygens (including phenoxy) is 1. The van der Waals surface area contributed by atoms with Gasteiger partial charge in [0.25, 0.3) is 0 Å². The lowest BCUT2D eigenvalue weighted by Gasteiger charge is -2.27. The zero-order valence-electron chi connectivity index (χ0n) is 11.3. The molecule has 0 aliphatic carbocycles. The smallest absolute Gasteiger partial charge is 0.0756 e. The summed E-state index contributed by atoms with van der Waals surface area (Å²) in [6, 6.07) is 5.68. The molecule has 1 fully saturated rings. The van der Waals surface area contributed by atoms with E-state index in [4.69, 9.17) is 22.1 Å². The van der Waals surface area contributed by atoms with Crippen molar-refractivity contribution in [3.8, 4) is 0 Å². The molecule has 0 bridgehead atoms. The Morgan fingerprint density at radius 3 is 2.50 bits per heavy atom. The Hall–Kier alpha value is -0.380. The van der Waals surface area contributed by atoms with Crippen LogP contribution >= 0.6 is 23.4 Å². The number of nitrogens with two attached hydrogens (primary N) is 1. The second kappa shape index (κ2) is 4.62. The number of hydrogen-bond acceptors (Lipinski definition) is 3. The highest BCUT2D eigenvalue weighted by molar-refractivity contribution is 8.00. The quantitative estimate of drug-likeness (QED) is 0.820. The first-order valence-corrected chi connectivity index (χ1v) is 7.37. The summed E-state index contributed by atoms with van der Waals surface area (Å²) in [5.41, 5.74) is 6.21. The summed E-state index contributed by atoms with van der Waals surface area (Å²) in [5, 5.41) is 1.12. The van der Waals surface area contributed by atoms with Crippen molar-refractivity contribution < 1.29 is 4.74 Å². The lowest BCUT2D eigenvalue weighted by molar-refractivity contribution is -0.0631. The molecule has 1 unspecified atom stereocenters. The molecule has 100 valence electrons. The number of rotatable bonds is 2. The summed E-state index contributed by atoms with van der Waals surface area (Å²) in [6.45, 7) is 8.56. The molecule has 1 aliphatic heterocycles. The summed E-state index contributed by atoms with van der Waals surface area (Å²) in [7, 11) is 0. The average molecular weight is 286 g/mol. The van der Waals surface area contributed by atoms with Gasteiger partial charge in [-0.3, -0.25) is 0 Å². The molecule has 0 saturated carbocycles. The Kier molecular flexibility index (Phi) is 3.60. The first kappa shape index (κ1) is 14.0. The third kappa shape index (κ3) is 2.95. The molecule has 1 aliphatic rings. The number of anilines is 1. The zero-order chi connectivity index (χ0) is 13.6. The van der Waals surface area contributed by atoms with E-state index in [-0.39, 0.29) is 11.2 Å². The van der Waals surface area contributed by atoms with Gasteiger partial charge >= 0.3 is 0 Å². The molecular formula is C14H20ClNOS. The predicted octanol–water partition coefficient (Wildman–Crippen LogP) is 4.36. The van der Waals surface area contributed by atoms with Crippen molar-refractivity contribution in [1.29, 1.82) is 0 Å². The van der Waals surface area contributed by atoms with Gasteiger partial charge in [-0.2, -0.15) is 0 Å². The van der Waals surface area contributed by atoms with Gasteiger partial charge in [0.15, 0.2) is 0 Å². The van der Waals surface area contributed by atoms with Gasteiger partial charge in [-0.15, -0.1) is 11.8 Å². The van der Waals surface area contributed by atoms with E-state index in [0.29, 0.717) is 10.9 Å². The molecule has 4 heteroatoms. The Labute approximate surface area is 118 Å². The molecule has 18 heavy (non-hydrogen) atoms. The van der Waals surface area contributed by atoms with Crippen LogP contribution in [0.4, 0.5) is 5.69 Å². The first-order valence-electron chi connectivity index (χ1n) is 6.11. The summed E-state index contributed by atoms with van der Waals surface area (Å²) in [6.07, 6.45) is 1.02. The largest absolute Gasteiger partial charge is 0.399 e. The van der Waals surface area contributed by atoms with Crippen LogP contribution < -0.4 is 5.73 Å². The van der Waals surface area contributed by atoms with E-state index in [1.54, 1.807) is 17.8 Å². The minimum absolute atomic E-state index is 0.0680. The van der Waals surface area contributed by atoms with Crippen molar-refractivity contribution in [2.24, 2.45) is 0 Å². The van der Waals surface area contributed by atoms with Crippen LogP contribution in [0.1, 0.15) is 34.1 Å². The Bertz CT molecular complexity index is 459. The summed E-state index contributed by atoms with van der Waals surface area (Å²) in [5.74, 6) is 0. The molecular weight excluding hydrogens is 266 g/mol. The highest BCUT2D eigenvalue weighted by Gasteiger charge is 2.46. The van der Waals surface area contributed by atoms with Gasteiger partial charge in [-0.1, -0.05) is 11.6 Å². The van der Waals surface area contributed by atoms with Crippen molar-refractivity contribution in [3.63, 3.8) is 0 Å². The molecule has 1 saturated heterocycles. The fraction of sp³-hybridized carbons (Fsp3) is 0.571. The van der Waals surface area contributed by atoms with Crippen molar-refractivity contribution in [2.75, 3.05) is 5.73 Å². The van der Waals surface area contributed by atoms with E-state index in [0.717, 1.165) is 16.3 Å². The summed E-state index contributed by atoms with van der Waals surface area (Å²) < 4.78 is 6.10. The third-order valence-electron chi connectivity index (χ3n) is 3.22. The number of hydrogen-bond donors (Lipinski definition) is 1. The molecule has 2 N–H and O–H groups in total. The summed E-state index contributed by atoms with van der Waals surface area (Å²) in [4.78, 5) is 1.07. The van der Waals surface area contributed by atoms with Crippen LogP contribution in [0.2, 0.25) is 5.02 Å². The number of benzene rings is 1. The van der Waals surface area contributed by atoms with Gasteiger partial charge < -0.3 is 10.5 Å². The molecule has 0 spiro atoms. The van der Waals surface area contributed by atoms with Gasteiger partial charge in [-0.05, 0) is 52.3 Å². The lowest BCUT2D eigenvalue weighted by Crippen LogP contribution is -2.30. The van der Waals surface area contributed by atoms with Crippen LogP contribution in [0.15, 0.2) is 23.1 Å². The minimum atomic E-state index is -0.140. The maximum absolute atomic E-state index is 6.23. The van der Waals surface area contributed by atoms with Crippen LogP contribution in [0.3, 0.4) is 0 Å². The molecule has 1 atom stereocenters. The first-order chi connectivity index (χ1) is 8.20.